The molecule has 0 saturated heterocycles. The minimum Gasteiger partial charge on any atom is -0.456 e. The van der Waals surface area contributed by atoms with E-state index >= 15 is 0 Å². The van der Waals surface area contributed by atoms with Crippen LogP contribution in [0, 0.1) is 0 Å². The van der Waals surface area contributed by atoms with Gasteiger partial charge in [-0.1, -0.05) is 140 Å². The largest absolute Gasteiger partial charge is 0.456 e. The van der Waals surface area contributed by atoms with Crippen LogP contribution in [0.5, 0.6) is 0 Å². The average molecular weight is 734 g/mol. The summed E-state index contributed by atoms with van der Waals surface area (Å²) in [6, 6.07) is 65.7. The fourth-order valence-corrected chi connectivity index (χ4v) is 8.87. The lowest BCUT2D eigenvalue weighted by molar-refractivity contribution is 0.669. The Morgan fingerprint density at radius 3 is 1.54 bits per heavy atom. The number of fused-ring (bicyclic) bond motifs is 6. The van der Waals surface area contributed by atoms with Crippen molar-refractivity contribution in [3.05, 3.63) is 188 Å². The van der Waals surface area contributed by atoms with E-state index in [0.29, 0.717) is 17.5 Å². The van der Waals surface area contributed by atoms with Gasteiger partial charge in [-0.2, -0.15) is 0 Å². The molecule has 0 radical (unpaired) electrons. The maximum atomic E-state index is 6.64. The molecule has 3 heterocycles. The van der Waals surface area contributed by atoms with Crippen LogP contribution in [0.1, 0.15) is 0 Å². The molecule has 0 aliphatic carbocycles. The van der Waals surface area contributed by atoms with Gasteiger partial charge in [-0.25, -0.2) is 15.0 Å². The first-order valence-corrected chi connectivity index (χ1v) is 19.5. The predicted molar refractivity (Wildman–Crippen MR) is 233 cm³/mol. The van der Waals surface area contributed by atoms with Crippen molar-refractivity contribution >= 4 is 53.4 Å². The van der Waals surface area contributed by atoms with Crippen LogP contribution < -0.4 is 0 Å². The zero-order valence-electron chi connectivity index (χ0n) is 30.1. The van der Waals surface area contributed by atoms with Crippen molar-refractivity contribution in [1.82, 2.24) is 15.0 Å². The molecule has 262 valence electrons. The van der Waals surface area contributed by atoms with E-state index in [1.54, 1.807) is 0 Å². The van der Waals surface area contributed by atoms with Crippen molar-refractivity contribution in [3.63, 3.8) is 0 Å². The molecule has 0 N–H and O–H groups in total. The molecule has 0 fully saturated rings. The van der Waals surface area contributed by atoms with Gasteiger partial charge in [0.2, 0.25) is 0 Å². The number of rotatable bonds is 6. The lowest BCUT2D eigenvalue weighted by atomic mass is 9.93. The average Bonchev–Trinajstić information content (AvgIpc) is 3.84. The number of hydrogen-bond acceptors (Lipinski definition) is 5. The molecular weight excluding hydrogens is 703 g/mol. The second-order valence-corrected chi connectivity index (χ2v) is 15.1. The minimum atomic E-state index is 0.589. The van der Waals surface area contributed by atoms with Crippen LogP contribution in [0.3, 0.4) is 0 Å². The summed E-state index contributed by atoms with van der Waals surface area (Å²) in [5, 5.41) is 4.71. The second-order valence-electron chi connectivity index (χ2n) is 14.0. The fourth-order valence-electron chi connectivity index (χ4n) is 7.78. The van der Waals surface area contributed by atoms with E-state index in [2.05, 4.69) is 152 Å². The van der Waals surface area contributed by atoms with Crippen LogP contribution in [0.4, 0.5) is 0 Å². The van der Waals surface area contributed by atoms with Gasteiger partial charge in [0.1, 0.15) is 11.2 Å². The Labute approximate surface area is 327 Å². The molecule has 0 amide bonds. The van der Waals surface area contributed by atoms with Gasteiger partial charge in [0, 0.05) is 47.6 Å². The summed E-state index contributed by atoms with van der Waals surface area (Å²) in [6.45, 7) is 0. The van der Waals surface area contributed by atoms with Crippen molar-refractivity contribution in [2.45, 2.75) is 0 Å². The lowest BCUT2D eigenvalue weighted by Gasteiger charge is -2.11. The summed E-state index contributed by atoms with van der Waals surface area (Å²) in [5.74, 6) is 1.83. The third-order valence-corrected chi connectivity index (χ3v) is 11.7. The Morgan fingerprint density at radius 1 is 0.304 bits per heavy atom. The third-order valence-electron chi connectivity index (χ3n) is 10.6. The standard InChI is InChI=1S/C51H31N3OS/c1-3-12-32(13-4-1)34-16-11-17-37(28-34)50-52-49(33-14-5-2-6-15-33)53-51(54-50)38-23-26-42-41-25-22-36(30-45(41)55-46(42)31-38)40-19-8-7-18-39(40)35-24-27-48-44(29-35)43-20-9-10-21-47(43)56-48/h1-31H. The molecule has 0 saturated carbocycles. The van der Waals surface area contributed by atoms with Gasteiger partial charge >= 0.3 is 0 Å². The van der Waals surface area contributed by atoms with E-state index in [1.807, 2.05) is 47.7 Å². The van der Waals surface area contributed by atoms with Gasteiger partial charge in [-0.15, -0.1) is 11.3 Å². The molecule has 3 aromatic heterocycles. The van der Waals surface area contributed by atoms with Gasteiger partial charge in [0.15, 0.2) is 17.5 Å². The highest BCUT2D eigenvalue weighted by Crippen LogP contribution is 2.41. The zero-order chi connectivity index (χ0) is 37.0. The van der Waals surface area contributed by atoms with E-state index in [0.717, 1.165) is 60.9 Å². The van der Waals surface area contributed by atoms with Crippen LogP contribution in [0.25, 0.3) is 110 Å². The minimum absolute atomic E-state index is 0.589. The molecule has 4 nitrogen and oxygen atoms in total. The molecular formula is C51H31N3OS. The lowest BCUT2D eigenvalue weighted by Crippen LogP contribution is -2.00. The molecule has 11 rings (SSSR count). The number of benzene rings is 8. The van der Waals surface area contributed by atoms with Crippen molar-refractivity contribution in [2.75, 3.05) is 0 Å². The van der Waals surface area contributed by atoms with Crippen LogP contribution in [-0.2, 0) is 0 Å². The van der Waals surface area contributed by atoms with E-state index in [-0.39, 0.29) is 0 Å². The highest BCUT2D eigenvalue weighted by Gasteiger charge is 2.17. The quantitative estimate of drug-likeness (QED) is 0.171. The Kier molecular flexibility index (Phi) is 7.64. The molecule has 5 heteroatoms. The van der Waals surface area contributed by atoms with E-state index < -0.39 is 0 Å². The van der Waals surface area contributed by atoms with Gasteiger partial charge in [0.25, 0.3) is 0 Å². The van der Waals surface area contributed by atoms with Crippen molar-refractivity contribution in [3.8, 4) is 67.5 Å². The smallest absolute Gasteiger partial charge is 0.164 e. The zero-order valence-corrected chi connectivity index (χ0v) is 30.9. The van der Waals surface area contributed by atoms with Crippen molar-refractivity contribution in [2.24, 2.45) is 0 Å². The Balaban J connectivity index is 0.996. The topological polar surface area (TPSA) is 51.8 Å². The molecule has 0 aliphatic heterocycles. The number of nitrogens with zero attached hydrogens (tertiary/aromatic N) is 3. The SMILES string of the molecule is c1ccc(-c2cccc(-c3nc(-c4ccccc4)nc(-c4ccc5c(c4)oc4cc(-c6ccccc6-c6ccc7sc8ccccc8c7c6)ccc45)n3)c2)cc1. The Bertz CT molecular complexity index is 3260. The highest BCUT2D eigenvalue weighted by molar-refractivity contribution is 7.25. The van der Waals surface area contributed by atoms with Gasteiger partial charge < -0.3 is 4.42 Å². The molecule has 56 heavy (non-hydrogen) atoms. The van der Waals surface area contributed by atoms with Crippen LogP contribution in [0.2, 0.25) is 0 Å². The summed E-state index contributed by atoms with van der Waals surface area (Å²) in [7, 11) is 0. The number of furan rings is 1. The Morgan fingerprint density at radius 2 is 0.804 bits per heavy atom. The van der Waals surface area contributed by atoms with Crippen LogP contribution >= 0.6 is 11.3 Å². The number of aromatic nitrogens is 3. The van der Waals surface area contributed by atoms with Crippen molar-refractivity contribution < 1.29 is 4.42 Å². The van der Waals surface area contributed by atoms with Crippen LogP contribution in [0.15, 0.2) is 192 Å². The summed E-state index contributed by atoms with van der Waals surface area (Å²) in [6.07, 6.45) is 0. The maximum absolute atomic E-state index is 6.64. The predicted octanol–water partition coefficient (Wildman–Crippen LogP) is 14.1. The van der Waals surface area contributed by atoms with Gasteiger partial charge in [-0.05, 0) is 81.9 Å². The second kappa shape index (κ2) is 13.3. The van der Waals surface area contributed by atoms with Gasteiger partial charge in [-0.3, -0.25) is 0 Å². The normalized spacial score (nSPS) is 11.6. The first-order valence-electron chi connectivity index (χ1n) is 18.7. The molecule has 0 spiro atoms. The first kappa shape index (κ1) is 32.2. The monoisotopic (exact) mass is 733 g/mol. The van der Waals surface area contributed by atoms with E-state index in [4.69, 9.17) is 19.4 Å². The van der Waals surface area contributed by atoms with E-state index in [1.165, 1.54) is 31.3 Å². The van der Waals surface area contributed by atoms with E-state index in [9.17, 15) is 0 Å². The van der Waals surface area contributed by atoms with Crippen LogP contribution in [-0.4, -0.2) is 15.0 Å². The van der Waals surface area contributed by atoms with Gasteiger partial charge in [0.05, 0.1) is 0 Å². The Hall–Kier alpha value is -7.21. The maximum Gasteiger partial charge on any atom is 0.164 e. The summed E-state index contributed by atoms with van der Waals surface area (Å²) in [5.41, 5.74) is 11.2. The highest BCUT2D eigenvalue weighted by atomic mass is 32.1. The molecule has 0 atom stereocenters. The summed E-state index contributed by atoms with van der Waals surface area (Å²) in [4.78, 5) is 15.0. The molecule has 0 unspecified atom stereocenters. The third kappa shape index (κ3) is 5.65. The number of thiophene rings is 1. The fraction of sp³-hybridized carbons (Fsp3) is 0. The molecule has 8 aromatic carbocycles. The summed E-state index contributed by atoms with van der Waals surface area (Å²) < 4.78 is 9.26. The van der Waals surface area contributed by atoms with Crippen molar-refractivity contribution in [1.29, 1.82) is 0 Å². The molecule has 0 aliphatic rings. The summed E-state index contributed by atoms with van der Waals surface area (Å²) >= 11 is 1.84. The molecule has 0 bridgehead atoms. The molecule has 11 aromatic rings. The number of hydrogen-bond donors (Lipinski definition) is 0. The first-order chi connectivity index (χ1) is 27.7.